The maximum absolute atomic E-state index is 2.29. The minimum absolute atomic E-state index is 1.15. The van der Waals surface area contributed by atoms with Gasteiger partial charge >= 0.3 is 0 Å². The molecule has 0 unspecified atom stereocenters. The van der Waals surface area contributed by atoms with Gasteiger partial charge in [-0.15, -0.1) is 0 Å². The number of aryl methyl sites for hydroxylation is 2. The third-order valence-corrected chi connectivity index (χ3v) is 3.00. The van der Waals surface area contributed by atoms with Crippen LogP contribution in [0.2, 0.25) is 0 Å². The molecule has 0 radical (unpaired) electrons. The summed E-state index contributed by atoms with van der Waals surface area (Å²) >= 11 is 0. The molecule has 0 fully saturated rings. The normalized spacial score (nSPS) is 9.65. The monoisotopic (exact) mass is 234 g/mol. The molecule has 0 aliphatic heterocycles. The van der Waals surface area contributed by atoms with Gasteiger partial charge in [0.15, 0.2) is 0 Å². The first kappa shape index (κ1) is 16.2. The summed E-state index contributed by atoms with van der Waals surface area (Å²) in [4.78, 5) is 0. The van der Waals surface area contributed by atoms with E-state index in [1.807, 2.05) is 13.8 Å². The molecule has 0 spiro atoms. The number of unbranched alkanes of at least 4 members (excludes halogenated alkanes) is 4. The van der Waals surface area contributed by atoms with Crippen LogP contribution in [0.15, 0.2) is 24.3 Å². The molecule has 1 rings (SSSR count). The molecule has 0 amide bonds. The van der Waals surface area contributed by atoms with Crippen LogP contribution in [0.5, 0.6) is 0 Å². The minimum atomic E-state index is 1.15. The zero-order valence-corrected chi connectivity index (χ0v) is 12.3. The molecule has 0 nitrogen and oxygen atoms in total. The Morgan fingerprint density at radius 3 is 1.76 bits per heavy atom. The van der Waals surface area contributed by atoms with Crippen molar-refractivity contribution in [3.8, 4) is 0 Å². The Morgan fingerprint density at radius 2 is 1.24 bits per heavy atom. The smallest absolute Gasteiger partial charge is 0.0279 e. The lowest BCUT2D eigenvalue weighted by Crippen LogP contribution is -1.87. The molecule has 0 heterocycles. The first-order valence-electron chi connectivity index (χ1n) is 7.44. The molecular formula is C17H30. The molecule has 98 valence electrons. The van der Waals surface area contributed by atoms with Crippen molar-refractivity contribution >= 4 is 0 Å². The van der Waals surface area contributed by atoms with Crippen LogP contribution in [-0.4, -0.2) is 0 Å². The van der Waals surface area contributed by atoms with Crippen LogP contribution in [0.3, 0.4) is 0 Å². The number of rotatable bonds is 7. The van der Waals surface area contributed by atoms with Crippen molar-refractivity contribution in [1.82, 2.24) is 0 Å². The summed E-state index contributed by atoms with van der Waals surface area (Å²) in [5, 5.41) is 0. The minimum Gasteiger partial charge on any atom is -0.0683 e. The number of benzene rings is 1. The number of hydrogen-bond acceptors (Lipinski definition) is 0. The summed E-state index contributed by atoms with van der Waals surface area (Å²) < 4.78 is 0. The third kappa shape index (κ3) is 8.01. The third-order valence-electron chi connectivity index (χ3n) is 3.00. The van der Waals surface area contributed by atoms with Gasteiger partial charge in [-0.1, -0.05) is 77.6 Å². The van der Waals surface area contributed by atoms with Crippen LogP contribution in [0.25, 0.3) is 0 Å². The van der Waals surface area contributed by atoms with Gasteiger partial charge in [-0.2, -0.15) is 0 Å². The lowest BCUT2D eigenvalue weighted by Gasteiger charge is -2.02. The van der Waals surface area contributed by atoms with Crippen LogP contribution < -0.4 is 0 Å². The van der Waals surface area contributed by atoms with E-state index in [4.69, 9.17) is 0 Å². The van der Waals surface area contributed by atoms with Crippen molar-refractivity contribution < 1.29 is 0 Å². The van der Waals surface area contributed by atoms with Crippen molar-refractivity contribution in [3.05, 3.63) is 35.4 Å². The fourth-order valence-electron chi connectivity index (χ4n) is 1.87. The lowest BCUT2D eigenvalue weighted by molar-refractivity contribution is 0.632. The van der Waals surface area contributed by atoms with Crippen LogP contribution in [0.4, 0.5) is 0 Å². The first-order valence-corrected chi connectivity index (χ1v) is 7.44. The molecule has 0 bridgehead atoms. The van der Waals surface area contributed by atoms with Crippen LogP contribution in [0.1, 0.15) is 70.9 Å². The van der Waals surface area contributed by atoms with E-state index < -0.39 is 0 Å². The summed E-state index contributed by atoms with van der Waals surface area (Å²) in [5.41, 5.74) is 2.95. The molecule has 1 aromatic rings. The van der Waals surface area contributed by atoms with Gasteiger partial charge < -0.3 is 0 Å². The summed E-state index contributed by atoms with van der Waals surface area (Å²) in [6.07, 6.45) is 9.29. The van der Waals surface area contributed by atoms with E-state index in [-0.39, 0.29) is 0 Å². The molecule has 1 aromatic carbocycles. The molecule has 0 N–H and O–H groups in total. The lowest BCUT2D eigenvalue weighted by atomic mass is 10.0. The highest BCUT2D eigenvalue weighted by Crippen LogP contribution is 2.10. The van der Waals surface area contributed by atoms with E-state index in [0.29, 0.717) is 0 Å². The molecule has 0 atom stereocenters. The van der Waals surface area contributed by atoms with Crippen molar-refractivity contribution in [3.63, 3.8) is 0 Å². The Kier molecular flexibility index (Phi) is 11.2. The Morgan fingerprint density at radius 1 is 0.706 bits per heavy atom. The highest BCUT2D eigenvalue weighted by atomic mass is 14.0. The fraction of sp³-hybridized carbons (Fsp3) is 0.647. The second-order valence-electron chi connectivity index (χ2n) is 4.33. The van der Waals surface area contributed by atoms with E-state index in [2.05, 4.69) is 38.1 Å². The highest BCUT2D eigenvalue weighted by Gasteiger charge is 1.94. The molecule has 0 aliphatic carbocycles. The molecule has 0 saturated carbocycles. The largest absolute Gasteiger partial charge is 0.0683 e. The molecule has 0 aliphatic rings. The highest BCUT2D eigenvalue weighted by molar-refractivity contribution is 5.22. The second kappa shape index (κ2) is 11.7. The summed E-state index contributed by atoms with van der Waals surface area (Å²) in [6, 6.07) is 9.11. The standard InChI is InChI=1S/C15H24.C2H6/c1-3-5-6-7-8-9-15-12-10-14(4-2)11-13-15;1-2/h10-13H,3-9H2,1-2H3;1-2H3. The average molecular weight is 234 g/mol. The Bertz CT molecular complexity index is 245. The van der Waals surface area contributed by atoms with Crippen molar-refractivity contribution in [2.75, 3.05) is 0 Å². The predicted molar refractivity (Wildman–Crippen MR) is 79.6 cm³/mol. The van der Waals surface area contributed by atoms with Crippen molar-refractivity contribution in [1.29, 1.82) is 0 Å². The molecule has 0 saturated heterocycles. The summed E-state index contributed by atoms with van der Waals surface area (Å²) in [5.74, 6) is 0. The Hall–Kier alpha value is -0.780. The van der Waals surface area contributed by atoms with Gasteiger partial charge in [-0.05, 0) is 30.4 Å². The van der Waals surface area contributed by atoms with Gasteiger partial charge in [0.25, 0.3) is 0 Å². The van der Waals surface area contributed by atoms with E-state index in [1.165, 1.54) is 49.7 Å². The van der Waals surface area contributed by atoms with E-state index in [0.717, 1.165) is 6.42 Å². The summed E-state index contributed by atoms with van der Waals surface area (Å²) in [7, 11) is 0. The van der Waals surface area contributed by atoms with Crippen LogP contribution in [-0.2, 0) is 12.8 Å². The van der Waals surface area contributed by atoms with Crippen LogP contribution in [0, 0.1) is 0 Å². The average Bonchev–Trinajstić information content (AvgIpc) is 2.41. The zero-order valence-electron chi connectivity index (χ0n) is 12.3. The van der Waals surface area contributed by atoms with Gasteiger partial charge in [-0.25, -0.2) is 0 Å². The Labute approximate surface area is 108 Å². The molecule has 17 heavy (non-hydrogen) atoms. The zero-order chi connectivity index (χ0) is 12.9. The molecule has 0 aromatic heterocycles. The van der Waals surface area contributed by atoms with Gasteiger partial charge in [0.05, 0.1) is 0 Å². The van der Waals surface area contributed by atoms with E-state index in [9.17, 15) is 0 Å². The van der Waals surface area contributed by atoms with E-state index in [1.54, 1.807) is 0 Å². The fourth-order valence-corrected chi connectivity index (χ4v) is 1.87. The SMILES string of the molecule is CC.CCCCCCCc1ccc(CC)cc1. The molecular weight excluding hydrogens is 204 g/mol. The second-order valence-corrected chi connectivity index (χ2v) is 4.33. The number of hydrogen-bond donors (Lipinski definition) is 0. The first-order chi connectivity index (χ1) is 8.36. The topological polar surface area (TPSA) is 0 Å². The predicted octanol–water partition coefficient (Wildman–Crippen LogP) is 5.79. The Balaban J connectivity index is 0.00000121. The quantitative estimate of drug-likeness (QED) is 0.524. The maximum Gasteiger partial charge on any atom is -0.0279 e. The van der Waals surface area contributed by atoms with Gasteiger partial charge in [0, 0.05) is 0 Å². The van der Waals surface area contributed by atoms with Gasteiger partial charge in [0.1, 0.15) is 0 Å². The molecule has 0 heteroatoms. The van der Waals surface area contributed by atoms with Crippen LogP contribution >= 0.6 is 0 Å². The van der Waals surface area contributed by atoms with Crippen molar-refractivity contribution in [2.45, 2.75) is 72.6 Å². The maximum atomic E-state index is 2.29. The van der Waals surface area contributed by atoms with Gasteiger partial charge in [0.2, 0.25) is 0 Å². The van der Waals surface area contributed by atoms with Crippen molar-refractivity contribution in [2.24, 2.45) is 0 Å². The summed E-state index contributed by atoms with van der Waals surface area (Å²) in [6.45, 7) is 8.48. The van der Waals surface area contributed by atoms with E-state index >= 15 is 0 Å². The van der Waals surface area contributed by atoms with Gasteiger partial charge in [-0.3, -0.25) is 0 Å².